The molecule has 5 rings (SSSR count). The second-order valence-electron chi connectivity index (χ2n) is 9.72. The zero-order chi connectivity index (χ0) is 22.8. The Balaban J connectivity index is 1.43. The fraction of sp³-hybridized carbons (Fsp3) is 0.577. The number of rotatable bonds is 4. The van der Waals surface area contributed by atoms with E-state index in [2.05, 4.69) is 47.3 Å². The maximum atomic E-state index is 13.9. The van der Waals surface area contributed by atoms with Gasteiger partial charge in [-0.3, -0.25) is 9.78 Å². The van der Waals surface area contributed by atoms with Gasteiger partial charge in [0.15, 0.2) is 5.82 Å². The van der Waals surface area contributed by atoms with Gasteiger partial charge < -0.3 is 19.7 Å². The van der Waals surface area contributed by atoms with Gasteiger partial charge in [-0.25, -0.2) is 4.98 Å². The largest absolute Gasteiger partial charge is 0.381 e. The molecule has 1 aromatic carbocycles. The minimum atomic E-state index is 0.00909. The lowest BCUT2D eigenvalue weighted by molar-refractivity contribution is -0.124. The summed E-state index contributed by atoms with van der Waals surface area (Å²) < 4.78 is 11.6. The molecule has 2 aliphatic heterocycles. The summed E-state index contributed by atoms with van der Waals surface area (Å²) in [5.74, 6) is 1.38. The van der Waals surface area contributed by atoms with Gasteiger partial charge in [-0.1, -0.05) is 6.07 Å². The van der Waals surface area contributed by atoms with Crippen LogP contribution in [0.15, 0.2) is 30.6 Å². The molecule has 7 nitrogen and oxygen atoms in total. The number of fused-ring (bicyclic) bond motifs is 2. The lowest BCUT2D eigenvalue weighted by Gasteiger charge is -2.33. The first kappa shape index (κ1) is 22.3. The predicted molar refractivity (Wildman–Crippen MR) is 128 cm³/mol. The molecule has 3 heterocycles. The Morgan fingerprint density at radius 3 is 2.61 bits per heavy atom. The highest BCUT2D eigenvalue weighted by molar-refractivity contribution is 5.99. The summed E-state index contributed by atoms with van der Waals surface area (Å²) in [5, 5.41) is 3.44. The molecule has 7 heteroatoms. The number of nitrogens with one attached hydrogen (secondary N) is 1. The van der Waals surface area contributed by atoms with Crippen molar-refractivity contribution in [2.24, 2.45) is 5.92 Å². The van der Waals surface area contributed by atoms with Crippen LogP contribution in [0.5, 0.6) is 0 Å². The highest BCUT2D eigenvalue weighted by atomic mass is 16.5. The van der Waals surface area contributed by atoms with E-state index in [4.69, 9.17) is 9.47 Å². The summed E-state index contributed by atoms with van der Waals surface area (Å²) in [6.07, 6.45) is 9.51. The van der Waals surface area contributed by atoms with Crippen molar-refractivity contribution in [1.82, 2.24) is 9.97 Å². The SMILES string of the molecule is CC(C)OC1CCC(C(=O)N2Cc3nccnc3Nc3ccc(C4CCOCC4)cc32)CC1. The van der Waals surface area contributed by atoms with E-state index in [1.807, 2.05) is 4.90 Å². The smallest absolute Gasteiger partial charge is 0.230 e. The molecule has 176 valence electrons. The van der Waals surface area contributed by atoms with Gasteiger partial charge >= 0.3 is 0 Å². The van der Waals surface area contributed by atoms with Gasteiger partial charge in [-0.2, -0.15) is 0 Å². The van der Waals surface area contributed by atoms with Crippen molar-refractivity contribution in [3.05, 3.63) is 41.9 Å². The number of benzene rings is 1. The normalized spacial score (nSPS) is 23.4. The Hall–Kier alpha value is -2.51. The molecule has 3 aliphatic rings. The Labute approximate surface area is 195 Å². The van der Waals surface area contributed by atoms with E-state index in [0.717, 1.165) is 74.6 Å². The summed E-state index contributed by atoms with van der Waals surface area (Å²) in [6, 6.07) is 6.48. The fourth-order valence-corrected chi connectivity index (χ4v) is 5.36. The van der Waals surface area contributed by atoms with E-state index in [9.17, 15) is 4.79 Å². The van der Waals surface area contributed by atoms with Crippen molar-refractivity contribution in [3.63, 3.8) is 0 Å². The van der Waals surface area contributed by atoms with E-state index < -0.39 is 0 Å². The number of amides is 1. The second kappa shape index (κ2) is 9.77. The van der Waals surface area contributed by atoms with Crippen molar-refractivity contribution in [3.8, 4) is 0 Å². The molecule has 1 aliphatic carbocycles. The van der Waals surface area contributed by atoms with E-state index in [1.54, 1.807) is 12.4 Å². The van der Waals surface area contributed by atoms with Crippen LogP contribution in [0.1, 0.15) is 69.5 Å². The number of aromatic nitrogens is 2. The number of hydrogen-bond donors (Lipinski definition) is 1. The lowest BCUT2D eigenvalue weighted by atomic mass is 9.86. The minimum absolute atomic E-state index is 0.00909. The van der Waals surface area contributed by atoms with Crippen molar-refractivity contribution < 1.29 is 14.3 Å². The molecule has 0 unspecified atom stereocenters. The molecule has 1 amide bonds. The quantitative estimate of drug-likeness (QED) is 0.711. The topological polar surface area (TPSA) is 76.6 Å². The molecule has 2 aromatic rings. The van der Waals surface area contributed by atoms with Gasteiger partial charge in [0.25, 0.3) is 0 Å². The molecule has 1 saturated heterocycles. The average molecular weight is 451 g/mol. The molecule has 2 fully saturated rings. The average Bonchev–Trinajstić information content (AvgIpc) is 3.00. The first-order valence-corrected chi connectivity index (χ1v) is 12.3. The zero-order valence-electron chi connectivity index (χ0n) is 19.6. The Kier molecular flexibility index (Phi) is 6.60. The standard InChI is InChI=1S/C26H34N4O3/c1-17(2)33-21-6-3-19(4-7-21)26(31)30-16-23-25(28-12-11-27-23)29-22-8-5-20(15-24(22)30)18-9-13-32-14-10-18/h5,8,11-12,15,17-19,21H,3-4,6-7,9-10,13-14,16H2,1-2H3,(H,28,29). The Bertz CT molecular complexity index is 981. The molecular weight excluding hydrogens is 416 g/mol. The van der Waals surface area contributed by atoms with E-state index in [1.165, 1.54) is 5.56 Å². The highest BCUT2D eigenvalue weighted by Crippen LogP contribution is 2.40. The Morgan fingerprint density at radius 2 is 1.85 bits per heavy atom. The summed E-state index contributed by atoms with van der Waals surface area (Å²) in [4.78, 5) is 24.9. The molecule has 1 aromatic heterocycles. The lowest BCUT2D eigenvalue weighted by Crippen LogP contribution is -2.38. The van der Waals surface area contributed by atoms with Crippen molar-refractivity contribution in [2.75, 3.05) is 23.4 Å². The first-order valence-electron chi connectivity index (χ1n) is 12.3. The van der Waals surface area contributed by atoms with Crippen LogP contribution in [0, 0.1) is 5.92 Å². The van der Waals surface area contributed by atoms with Crippen LogP contribution in [-0.2, 0) is 20.8 Å². The van der Waals surface area contributed by atoms with Crippen molar-refractivity contribution in [1.29, 1.82) is 0 Å². The number of hydrogen-bond acceptors (Lipinski definition) is 6. The molecule has 0 radical (unpaired) electrons. The summed E-state index contributed by atoms with van der Waals surface area (Å²) in [5.41, 5.74) is 3.92. The number of anilines is 3. The second-order valence-corrected chi connectivity index (χ2v) is 9.72. The monoisotopic (exact) mass is 450 g/mol. The van der Waals surface area contributed by atoms with E-state index in [0.29, 0.717) is 12.5 Å². The maximum absolute atomic E-state index is 13.9. The summed E-state index contributed by atoms with van der Waals surface area (Å²) in [6.45, 7) is 6.18. The van der Waals surface area contributed by atoms with E-state index in [-0.39, 0.29) is 24.0 Å². The van der Waals surface area contributed by atoms with Crippen LogP contribution in [-0.4, -0.2) is 41.3 Å². The number of ether oxygens (including phenoxy) is 2. The third-order valence-electron chi connectivity index (χ3n) is 7.09. The molecule has 1 N–H and O–H groups in total. The number of nitrogens with zero attached hydrogens (tertiary/aromatic N) is 3. The van der Waals surface area contributed by atoms with Gasteiger partial charge in [0.2, 0.25) is 5.91 Å². The molecule has 1 saturated carbocycles. The molecular formula is C26H34N4O3. The number of carbonyl (C=O) groups excluding carboxylic acids is 1. The van der Waals surface area contributed by atoms with Crippen LogP contribution in [0.3, 0.4) is 0 Å². The molecule has 33 heavy (non-hydrogen) atoms. The molecule has 0 bridgehead atoms. The fourth-order valence-electron chi connectivity index (χ4n) is 5.36. The summed E-state index contributed by atoms with van der Waals surface area (Å²) in [7, 11) is 0. The van der Waals surface area contributed by atoms with Crippen LogP contribution in [0.25, 0.3) is 0 Å². The third kappa shape index (κ3) is 4.89. The maximum Gasteiger partial charge on any atom is 0.230 e. The van der Waals surface area contributed by atoms with Crippen LogP contribution in [0.4, 0.5) is 17.2 Å². The van der Waals surface area contributed by atoms with Gasteiger partial charge in [0.1, 0.15) is 5.69 Å². The highest BCUT2D eigenvalue weighted by Gasteiger charge is 2.34. The Morgan fingerprint density at radius 1 is 1.09 bits per heavy atom. The van der Waals surface area contributed by atoms with Gasteiger partial charge in [0, 0.05) is 31.5 Å². The van der Waals surface area contributed by atoms with E-state index >= 15 is 0 Å². The van der Waals surface area contributed by atoms with Crippen LogP contribution in [0.2, 0.25) is 0 Å². The number of carbonyl (C=O) groups is 1. The minimum Gasteiger partial charge on any atom is -0.381 e. The third-order valence-corrected chi connectivity index (χ3v) is 7.09. The van der Waals surface area contributed by atoms with Gasteiger partial charge in [-0.05, 0) is 76.0 Å². The van der Waals surface area contributed by atoms with Gasteiger partial charge in [0.05, 0.1) is 30.1 Å². The zero-order valence-corrected chi connectivity index (χ0v) is 19.6. The molecule has 0 atom stereocenters. The van der Waals surface area contributed by atoms with Crippen molar-refractivity contribution >= 4 is 23.1 Å². The van der Waals surface area contributed by atoms with Gasteiger partial charge in [-0.15, -0.1) is 0 Å². The first-order chi connectivity index (χ1) is 16.1. The van der Waals surface area contributed by atoms with Crippen LogP contribution < -0.4 is 10.2 Å². The van der Waals surface area contributed by atoms with Crippen LogP contribution >= 0.6 is 0 Å². The predicted octanol–water partition coefficient (Wildman–Crippen LogP) is 4.94. The van der Waals surface area contributed by atoms with Crippen molar-refractivity contribution in [2.45, 2.75) is 77.0 Å². The summed E-state index contributed by atoms with van der Waals surface area (Å²) >= 11 is 0. The molecule has 0 spiro atoms.